The molecule has 2 N–H and O–H groups in total. The molecule has 0 unspecified atom stereocenters. The first-order chi connectivity index (χ1) is 18.3. The molecule has 1 aliphatic rings. The van der Waals surface area contributed by atoms with E-state index in [1.807, 2.05) is 45.2 Å². The third kappa shape index (κ3) is 5.25. The highest BCUT2D eigenvalue weighted by Crippen LogP contribution is 2.34. The van der Waals surface area contributed by atoms with Crippen LogP contribution in [0.4, 0.5) is 21.6 Å². The van der Waals surface area contributed by atoms with Crippen LogP contribution >= 0.6 is 45.2 Å². The predicted octanol–water partition coefficient (Wildman–Crippen LogP) is 3.96. The van der Waals surface area contributed by atoms with Crippen molar-refractivity contribution in [2.75, 3.05) is 16.3 Å². The second kappa shape index (κ2) is 10.0. The Morgan fingerprint density at radius 2 is 1.69 bits per heavy atom. The summed E-state index contributed by atoms with van der Waals surface area (Å²) in [5.41, 5.74) is -1.01. The largest absolute Gasteiger partial charge is 0.338 e. The van der Waals surface area contributed by atoms with Gasteiger partial charge < -0.3 is 5.32 Å². The van der Waals surface area contributed by atoms with Crippen LogP contribution in [0.15, 0.2) is 50.8 Å². The molecule has 0 amide bonds. The van der Waals surface area contributed by atoms with Crippen LogP contribution in [0.5, 0.6) is 0 Å². The van der Waals surface area contributed by atoms with E-state index in [1.54, 1.807) is 18.2 Å². The fraction of sp³-hybridized carbons (Fsp3) is 0.240. The highest BCUT2D eigenvalue weighted by molar-refractivity contribution is 14.1. The number of nitrogens with one attached hydrogen (secondary N) is 2. The molecule has 0 radical (unpaired) electrons. The molecule has 1 aliphatic carbocycles. The zero-order valence-corrected chi connectivity index (χ0v) is 26.0. The van der Waals surface area contributed by atoms with E-state index in [2.05, 4.69) is 10.0 Å². The minimum Gasteiger partial charge on any atom is -0.338 e. The van der Waals surface area contributed by atoms with Gasteiger partial charge >= 0.3 is 5.69 Å². The topological polar surface area (TPSA) is 124 Å². The second-order valence-electron chi connectivity index (χ2n) is 9.41. The third-order valence-electron chi connectivity index (χ3n) is 6.38. The summed E-state index contributed by atoms with van der Waals surface area (Å²) >= 11 is 3.97. The Kier molecular flexibility index (Phi) is 7.15. The molecule has 2 aromatic heterocycles. The number of pyridine rings is 1. The van der Waals surface area contributed by atoms with Crippen molar-refractivity contribution in [3.05, 3.63) is 86.1 Å². The van der Waals surface area contributed by atoms with Gasteiger partial charge in [-0.3, -0.25) is 28.0 Å². The minimum absolute atomic E-state index is 0.0361. The van der Waals surface area contributed by atoms with Crippen molar-refractivity contribution in [1.82, 2.24) is 13.7 Å². The summed E-state index contributed by atoms with van der Waals surface area (Å²) in [6, 6.07) is 8.89. The first kappa shape index (κ1) is 27.8. The second-order valence-corrected chi connectivity index (χ2v) is 13.6. The molecule has 5 rings (SSSR count). The Bertz CT molecular complexity index is 1980. The van der Waals surface area contributed by atoms with Gasteiger partial charge in [-0.25, -0.2) is 17.6 Å². The molecule has 1 fully saturated rings. The molecule has 0 atom stereocenters. The third-order valence-corrected chi connectivity index (χ3v) is 8.28. The first-order valence-corrected chi connectivity index (χ1v) is 15.7. The van der Waals surface area contributed by atoms with E-state index in [1.165, 1.54) is 41.3 Å². The molecular weight excluding hydrogens is 755 g/mol. The molecule has 204 valence electrons. The summed E-state index contributed by atoms with van der Waals surface area (Å²) in [5, 5.41) is 2.96. The number of nitrogens with zero attached hydrogens (tertiary/aromatic N) is 3. The number of rotatable bonds is 6. The van der Waals surface area contributed by atoms with E-state index >= 15 is 0 Å². The van der Waals surface area contributed by atoms with E-state index in [-0.39, 0.29) is 45.4 Å². The highest BCUT2D eigenvalue weighted by atomic mass is 127. The molecule has 2 heterocycles. The van der Waals surface area contributed by atoms with Gasteiger partial charge in [0.1, 0.15) is 17.0 Å². The van der Waals surface area contributed by atoms with Gasteiger partial charge in [0, 0.05) is 25.8 Å². The number of fused-ring (bicyclic) bond motifs is 1. The van der Waals surface area contributed by atoms with Gasteiger partial charge in [-0.15, -0.1) is 0 Å². The lowest BCUT2D eigenvalue weighted by Crippen LogP contribution is -2.41. The predicted molar refractivity (Wildman–Crippen MR) is 166 cm³/mol. The summed E-state index contributed by atoms with van der Waals surface area (Å²) in [6.45, 7) is 1.51. The molecular formula is C25H22FI2N5O5S. The smallest absolute Gasteiger partial charge is 0.336 e. The van der Waals surface area contributed by atoms with Crippen LogP contribution in [0.25, 0.3) is 16.6 Å². The van der Waals surface area contributed by atoms with Crippen LogP contribution in [0.3, 0.4) is 0 Å². The maximum Gasteiger partial charge on any atom is 0.336 e. The molecule has 2 aromatic carbocycles. The fourth-order valence-corrected chi connectivity index (χ4v) is 6.20. The number of anilines is 3. The summed E-state index contributed by atoms with van der Waals surface area (Å²) in [6.07, 6.45) is 2.27. The average molecular weight is 777 g/mol. The van der Waals surface area contributed by atoms with Gasteiger partial charge in [-0.1, -0.05) is 0 Å². The Morgan fingerprint density at radius 3 is 2.31 bits per heavy atom. The van der Waals surface area contributed by atoms with Crippen LogP contribution in [0.2, 0.25) is 0 Å². The Morgan fingerprint density at radius 1 is 1.00 bits per heavy atom. The number of hydrogen-bond donors (Lipinski definition) is 2. The van der Waals surface area contributed by atoms with Crippen LogP contribution < -0.4 is 26.8 Å². The minimum atomic E-state index is -3.63. The van der Waals surface area contributed by atoms with Crippen LogP contribution in [0.1, 0.15) is 24.4 Å². The van der Waals surface area contributed by atoms with Crippen molar-refractivity contribution >= 4 is 83.3 Å². The summed E-state index contributed by atoms with van der Waals surface area (Å²) < 4.78 is 46.0. The Balaban J connectivity index is 1.92. The Hall–Kier alpha value is -2.73. The highest BCUT2D eigenvalue weighted by Gasteiger charge is 2.31. The SMILES string of the molecule is Cc1c(=O)n(C)c(Nc2ccc(I)cc2F)c2c(=O)n(C3CC3)c(=O)n(-c3cc(I)cc(NS(C)(=O)=O)c3)c12. The van der Waals surface area contributed by atoms with Crippen LogP contribution in [0, 0.1) is 19.9 Å². The molecule has 39 heavy (non-hydrogen) atoms. The van der Waals surface area contributed by atoms with Crippen molar-refractivity contribution in [3.8, 4) is 5.69 Å². The number of halogens is 3. The van der Waals surface area contributed by atoms with Gasteiger partial charge in [0.2, 0.25) is 10.0 Å². The normalized spacial score (nSPS) is 13.6. The zero-order valence-electron chi connectivity index (χ0n) is 20.9. The van der Waals surface area contributed by atoms with Crippen LogP contribution in [-0.4, -0.2) is 28.4 Å². The van der Waals surface area contributed by atoms with Gasteiger partial charge in [0.15, 0.2) is 0 Å². The maximum absolute atomic E-state index is 14.8. The summed E-state index contributed by atoms with van der Waals surface area (Å²) in [4.78, 5) is 41.2. The fourth-order valence-electron chi connectivity index (χ4n) is 4.55. The summed E-state index contributed by atoms with van der Waals surface area (Å²) in [5.74, 6) is -0.540. The molecule has 0 aliphatic heterocycles. The lowest BCUT2D eigenvalue weighted by atomic mass is 10.1. The molecule has 0 saturated heterocycles. The molecule has 1 saturated carbocycles. The van der Waals surface area contributed by atoms with Crippen molar-refractivity contribution in [2.45, 2.75) is 25.8 Å². The number of aromatic nitrogens is 3. The lowest BCUT2D eigenvalue weighted by Gasteiger charge is -2.21. The lowest BCUT2D eigenvalue weighted by molar-refractivity contribution is 0.607. The van der Waals surface area contributed by atoms with Crippen molar-refractivity contribution in [3.63, 3.8) is 0 Å². The average Bonchev–Trinajstić information content (AvgIpc) is 3.65. The number of aryl methyl sites for hydroxylation is 1. The quantitative estimate of drug-likeness (QED) is 0.286. The number of benzene rings is 2. The van der Waals surface area contributed by atoms with Crippen molar-refractivity contribution < 1.29 is 12.8 Å². The number of sulfonamides is 1. The maximum atomic E-state index is 14.8. The molecule has 4 aromatic rings. The monoisotopic (exact) mass is 777 g/mol. The van der Waals surface area contributed by atoms with Gasteiger partial charge in [0.25, 0.3) is 11.1 Å². The molecule has 14 heteroatoms. The van der Waals surface area contributed by atoms with Gasteiger partial charge in [-0.05, 0) is 101 Å². The summed E-state index contributed by atoms with van der Waals surface area (Å²) in [7, 11) is -2.16. The van der Waals surface area contributed by atoms with E-state index in [4.69, 9.17) is 0 Å². The van der Waals surface area contributed by atoms with Crippen molar-refractivity contribution in [1.29, 1.82) is 0 Å². The Labute approximate surface area is 249 Å². The van der Waals surface area contributed by atoms with E-state index < -0.39 is 32.6 Å². The first-order valence-electron chi connectivity index (χ1n) is 11.7. The van der Waals surface area contributed by atoms with Gasteiger partial charge in [0.05, 0.1) is 28.8 Å². The van der Waals surface area contributed by atoms with E-state index in [0.717, 1.165) is 10.8 Å². The zero-order chi connectivity index (χ0) is 28.4. The van der Waals surface area contributed by atoms with E-state index in [0.29, 0.717) is 20.0 Å². The van der Waals surface area contributed by atoms with Crippen LogP contribution in [-0.2, 0) is 17.1 Å². The number of hydrogen-bond acceptors (Lipinski definition) is 6. The molecule has 0 bridgehead atoms. The van der Waals surface area contributed by atoms with Gasteiger partial charge in [-0.2, -0.15) is 0 Å². The molecule has 0 spiro atoms. The van der Waals surface area contributed by atoms with E-state index in [9.17, 15) is 27.2 Å². The standard InChI is InChI=1S/C25H22FI2N5O5S/c1-12-21-20(22(31(2)23(12)34)29-19-7-4-13(27)10-18(19)26)24(35)33(16-5-6-16)25(36)32(21)17-9-14(28)8-15(11-17)30-39(3,37)38/h4,7-11,16,29-30H,5-6H2,1-3H3. The molecule has 10 nitrogen and oxygen atoms in total. The van der Waals surface area contributed by atoms with Crippen molar-refractivity contribution in [2.24, 2.45) is 7.05 Å².